The summed E-state index contributed by atoms with van der Waals surface area (Å²) < 4.78 is 57.5. The Hall–Kier alpha value is -2.02. The van der Waals surface area contributed by atoms with Crippen LogP contribution in [0.25, 0.3) is 22.2 Å². The van der Waals surface area contributed by atoms with E-state index in [-0.39, 0.29) is 13.2 Å². The number of pyridine rings is 1. The molecule has 0 saturated carbocycles. The zero-order valence-corrected chi connectivity index (χ0v) is 18.8. The van der Waals surface area contributed by atoms with Crippen LogP contribution in [-0.4, -0.2) is 56.7 Å². The second-order valence-corrected chi connectivity index (χ2v) is 10.4. The van der Waals surface area contributed by atoms with Crippen molar-refractivity contribution in [2.24, 2.45) is 0 Å². The van der Waals surface area contributed by atoms with Crippen molar-refractivity contribution >= 4 is 47.0 Å². The van der Waals surface area contributed by atoms with Crippen molar-refractivity contribution in [1.29, 1.82) is 0 Å². The fraction of sp³-hybridized carbons (Fsp3) is 0.294. The van der Waals surface area contributed by atoms with Gasteiger partial charge in [-0.05, 0) is 34.1 Å². The Labute approximate surface area is 177 Å². The van der Waals surface area contributed by atoms with E-state index in [0.29, 0.717) is 38.9 Å². The molecule has 9 nitrogen and oxygen atoms in total. The smallest absolute Gasteiger partial charge is 0.264 e. The molecule has 0 radical (unpaired) electrons. The first-order chi connectivity index (χ1) is 13.6. The summed E-state index contributed by atoms with van der Waals surface area (Å²) in [4.78, 5) is 4.37. The molecule has 0 N–H and O–H groups in total. The molecule has 0 bridgehead atoms. The Morgan fingerprint density at radius 2 is 1.83 bits per heavy atom. The highest BCUT2D eigenvalue weighted by Gasteiger charge is 2.18. The normalized spacial score (nSPS) is 12.4. The van der Waals surface area contributed by atoms with E-state index in [2.05, 4.69) is 30.2 Å². The maximum Gasteiger partial charge on any atom is 0.264 e. The van der Waals surface area contributed by atoms with E-state index >= 15 is 0 Å². The average molecular weight is 504 g/mol. The van der Waals surface area contributed by atoms with Crippen LogP contribution >= 0.6 is 15.9 Å². The lowest BCUT2D eigenvalue weighted by Gasteiger charge is -2.11. The van der Waals surface area contributed by atoms with Crippen molar-refractivity contribution in [1.82, 2.24) is 14.2 Å². The monoisotopic (exact) mass is 503 g/mol. The predicted octanol–water partition coefficient (Wildman–Crippen LogP) is 2.41. The van der Waals surface area contributed by atoms with Gasteiger partial charge in [0.05, 0.1) is 37.6 Å². The van der Waals surface area contributed by atoms with Crippen molar-refractivity contribution < 1.29 is 25.8 Å². The van der Waals surface area contributed by atoms with Gasteiger partial charge >= 0.3 is 0 Å². The van der Waals surface area contributed by atoms with E-state index < -0.39 is 20.1 Å². The highest BCUT2D eigenvalue weighted by Crippen LogP contribution is 2.32. The van der Waals surface area contributed by atoms with Crippen molar-refractivity contribution in [3.05, 3.63) is 41.1 Å². The molecule has 0 aliphatic heterocycles. The van der Waals surface area contributed by atoms with E-state index in [0.717, 1.165) is 16.6 Å². The molecule has 0 aliphatic rings. The molecule has 2 aromatic heterocycles. The second-order valence-electron chi connectivity index (χ2n) is 6.21. The van der Waals surface area contributed by atoms with E-state index in [1.54, 1.807) is 12.1 Å². The van der Waals surface area contributed by atoms with Gasteiger partial charge in [0, 0.05) is 17.4 Å². The fourth-order valence-corrected chi connectivity index (χ4v) is 4.34. The quantitative estimate of drug-likeness (QED) is 0.339. The van der Waals surface area contributed by atoms with E-state index in [1.807, 2.05) is 18.2 Å². The van der Waals surface area contributed by atoms with Gasteiger partial charge in [-0.3, -0.25) is 9.17 Å². The molecular weight excluding hydrogens is 486 g/mol. The minimum atomic E-state index is -3.57. The standard InChI is InChI=1S/C17H18BrN3O6S2/c1-28(22,23)21-15-11-19-14(10-13(15)17(18)20-21)12-6-3-4-7-16(12)26-8-5-9-27-29(2,24)25/h3-4,6-7,10-11H,5,8-9H2,1-2H3. The molecule has 2 heterocycles. The fourth-order valence-electron chi connectivity index (χ4n) is 2.61. The molecule has 0 aliphatic carbocycles. The van der Waals surface area contributed by atoms with Crippen LogP contribution in [-0.2, 0) is 24.3 Å². The maximum absolute atomic E-state index is 11.9. The zero-order chi connectivity index (χ0) is 21.2. The summed E-state index contributed by atoms with van der Waals surface area (Å²) in [5.74, 6) is 0.560. The zero-order valence-electron chi connectivity index (χ0n) is 15.6. The summed E-state index contributed by atoms with van der Waals surface area (Å²) in [6.07, 6.45) is 3.90. The molecule has 3 aromatic rings. The van der Waals surface area contributed by atoms with Crippen LogP contribution in [0.1, 0.15) is 6.42 Å². The molecule has 12 heteroatoms. The summed E-state index contributed by atoms with van der Waals surface area (Å²) in [6.45, 7) is 0.285. The van der Waals surface area contributed by atoms with Gasteiger partial charge in [0.2, 0.25) is 0 Å². The number of para-hydroxylation sites is 1. The number of halogens is 1. The Bertz CT molecular complexity index is 1260. The van der Waals surface area contributed by atoms with E-state index in [1.165, 1.54) is 6.20 Å². The van der Waals surface area contributed by atoms with Crippen molar-refractivity contribution in [3.8, 4) is 17.0 Å². The van der Waals surface area contributed by atoms with Gasteiger partial charge in [0.25, 0.3) is 20.1 Å². The van der Waals surface area contributed by atoms with Gasteiger partial charge < -0.3 is 4.74 Å². The third-order valence-corrected chi connectivity index (χ3v) is 5.90. The number of nitrogens with zero attached hydrogens (tertiary/aromatic N) is 3. The summed E-state index contributed by atoms with van der Waals surface area (Å²) in [6, 6.07) is 8.96. The highest BCUT2D eigenvalue weighted by atomic mass is 79.9. The topological polar surface area (TPSA) is 117 Å². The lowest BCUT2D eigenvalue weighted by Crippen LogP contribution is -2.11. The third kappa shape index (κ3) is 5.32. The Morgan fingerprint density at radius 3 is 2.52 bits per heavy atom. The minimum absolute atomic E-state index is 0.0306. The van der Waals surface area contributed by atoms with Crippen LogP contribution in [0, 0.1) is 0 Å². The lowest BCUT2D eigenvalue weighted by molar-refractivity contribution is 0.252. The van der Waals surface area contributed by atoms with Gasteiger partial charge in [-0.1, -0.05) is 12.1 Å². The van der Waals surface area contributed by atoms with Crippen LogP contribution in [0.3, 0.4) is 0 Å². The van der Waals surface area contributed by atoms with Gasteiger partial charge in [-0.25, -0.2) is 8.42 Å². The molecule has 29 heavy (non-hydrogen) atoms. The Morgan fingerprint density at radius 1 is 1.10 bits per heavy atom. The molecular formula is C17H18BrN3O6S2. The largest absolute Gasteiger partial charge is 0.493 e. The number of benzene rings is 1. The molecule has 0 spiro atoms. The molecule has 0 amide bonds. The van der Waals surface area contributed by atoms with Crippen LogP contribution in [0.15, 0.2) is 41.1 Å². The molecule has 156 valence electrons. The summed E-state index contributed by atoms with van der Waals surface area (Å²) in [7, 11) is -7.04. The molecule has 3 rings (SSSR count). The molecule has 0 atom stereocenters. The summed E-state index contributed by atoms with van der Waals surface area (Å²) in [5, 5.41) is 4.61. The van der Waals surface area contributed by atoms with Gasteiger partial charge in [-0.2, -0.15) is 12.5 Å². The van der Waals surface area contributed by atoms with Crippen LogP contribution in [0.2, 0.25) is 0 Å². The number of aromatic nitrogens is 3. The number of hydrogen-bond acceptors (Lipinski definition) is 8. The van der Waals surface area contributed by atoms with Gasteiger partial charge in [0.1, 0.15) is 15.9 Å². The Balaban J connectivity index is 1.86. The molecule has 1 aromatic carbocycles. The van der Waals surface area contributed by atoms with Crippen molar-refractivity contribution in [2.75, 3.05) is 25.7 Å². The van der Waals surface area contributed by atoms with Gasteiger partial charge in [0.15, 0.2) is 0 Å². The number of fused-ring (bicyclic) bond motifs is 1. The highest BCUT2D eigenvalue weighted by molar-refractivity contribution is 9.10. The minimum Gasteiger partial charge on any atom is -0.493 e. The van der Waals surface area contributed by atoms with E-state index in [4.69, 9.17) is 4.74 Å². The molecule has 0 saturated heterocycles. The SMILES string of the molecule is CS(=O)(=O)OCCCOc1ccccc1-c1cc2c(Br)nn(S(C)(=O)=O)c2cn1. The van der Waals surface area contributed by atoms with E-state index in [9.17, 15) is 16.8 Å². The summed E-state index contributed by atoms with van der Waals surface area (Å²) >= 11 is 3.29. The number of hydrogen-bond donors (Lipinski definition) is 0. The van der Waals surface area contributed by atoms with Crippen molar-refractivity contribution in [2.45, 2.75) is 6.42 Å². The average Bonchev–Trinajstić information content (AvgIpc) is 2.97. The maximum atomic E-state index is 11.9. The Kier molecular flexibility index (Phi) is 6.27. The number of rotatable bonds is 8. The van der Waals surface area contributed by atoms with Crippen molar-refractivity contribution in [3.63, 3.8) is 0 Å². The lowest BCUT2D eigenvalue weighted by atomic mass is 10.1. The first-order valence-corrected chi connectivity index (χ1v) is 12.8. The third-order valence-electron chi connectivity index (χ3n) is 3.81. The summed E-state index contributed by atoms with van der Waals surface area (Å²) in [5.41, 5.74) is 1.64. The van der Waals surface area contributed by atoms with Crippen LogP contribution in [0.5, 0.6) is 5.75 Å². The first-order valence-electron chi connectivity index (χ1n) is 8.38. The molecule has 0 fully saturated rings. The molecule has 0 unspecified atom stereocenters. The van der Waals surface area contributed by atoms with Crippen LogP contribution < -0.4 is 4.74 Å². The second kappa shape index (κ2) is 8.38. The first kappa shape index (κ1) is 21.7. The van der Waals surface area contributed by atoms with Gasteiger partial charge in [-0.15, -0.1) is 5.10 Å². The predicted molar refractivity (Wildman–Crippen MR) is 112 cm³/mol. The number of ether oxygens (including phenoxy) is 1. The van der Waals surface area contributed by atoms with Crippen LogP contribution in [0.4, 0.5) is 0 Å².